The molecule has 0 aromatic heterocycles. The Morgan fingerprint density at radius 1 is 1.46 bits per heavy atom. The quantitative estimate of drug-likeness (QED) is 0.691. The zero-order chi connectivity index (χ0) is 9.84. The Morgan fingerprint density at radius 3 is 2.62 bits per heavy atom. The number of aryl methyl sites for hydroxylation is 1. The fourth-order valence-electron chi connectivity index (χ4n) is 1.47. The van der Waals surface area contributed by atoms with Crippen molar-refractivity contribution >= 4 is 0 Å². The van der Waals surface area contributed by atoms with Gasteiger partial charge in [0.05, 0.1) is 12.7 Å². The summed E-state index contributed by atoms with van der Waals surface area (Å²) in [6.45, 7) is 4.08. The highest BCUT2D eigenvalue weighted by Crippen LogP contribution is 2.25. The molecule has 0 atom stereocenters. The van der Waals surface area contributed by atoms with E-state index in [1.807, 2.05) is 19.1 Å². The van der Waals surface area contributed by atoms with Crippen LogP contribution in [0.15, 0.2) is 12.1 Å². The van der Waals surface area contributed by atoms with Crippen molar-refractivity contribution in [1.82, 2.24) is 0 Å². The van der Waals surface area contributed by atoms with Crippen molar-refractivity contribution < 1.29 is 4.74 Å². The molecule has 0 unspecified atom stereocenters. The molecule has 0 saturated carbocycles. The SMILES string of the molecule is CCc1ccc(C#N)c(OC)c1C. The number of nitriles is 1. The van der Waals surface area contributed by atoms with Crippen LogP contribution in [0.2, 0.25) is 0 Å². The van der Waals surface area contributed by atoms with Crippen LogP contribution in [0.25, 0.3) is 0 Å². The van der Waals surface area contributed by atoms with Gasteiger partial charge in [-0.2, -0.15) is 5.26 Å². The maximum Gasteiger partial charge on any atom is 0.139 e. The Morgan fingerprint density at radius 2 is 2.15 bits per heavy atom. The van der Waals surface area contributed by atoms with E-state index in [1.54, 1.807) is 7.11 Å². The highest BCUT2D eigenvalue weighted by Gasteiger charge is 2.08. The van der Waals surface area contributed by atoms with Crippen LogP contribution in [0.1, 0.15) is 23.6 Å². The Hall–Kier alpha value is -1.49. The molecular formula is C11H13NO. The van der Waals surface area contributed by atoms with Gasteiger partial charge in [0, 0.05) is 0 Å². The van der Waals surface area contributed by atoms with Crippen molar-refractivity contribution in [3.63, 3.8) is 0 Å². The summed E-state index contributed by atoms with van der Waals surface area (Å²) in [7, 11) is 1.60. The van der Waals surface area contributed by atoms with Gasteiger partial charge in [-0.3, -0.25) is 0 Å². The van der Waals surface area contributed by atoms with Gasteiger partial charge in [-0.25, -0.2) is 0 Å². The Kier molecular flexibility index (Phi) is 2.92. The van der Waals surface area contributed by atoms with Crippen molar-refractivity contribution in [3.8, 4) is 11.8 Å². The lowest BCUT2D eigenvalue weighted by molar-refractivity contribution is 0.409. The van der Waals surface area contributed by atoms with Crippen LogP contribution in [0.5, 0.6) is 5.75 Å². The highest BCUT2D eigenvalue weighted by atomic mass is 16.5. The molecule has 0 aliphatic carbocycles. The van der Waals surface area contributed by atoms with Gasteiger partial charge in [0.2, 0.25) is 0 Å². The third kappa shape index (κ3) is 1.65. The molecule has 1 aromatic carbocycles. The minimum atomic E-state index is 0.609. The van der Waals surface area contributed by atoms with E-state index >= 15 is 0 Å². The zero-order valence-electron chi connectivity index (χ0n) is 8.22. The van der Waals surface area contributed by atoms with E-state index in [0.29, 0.717) is 11.3 Å². The molecule has 2 heteroatoms. The van der Waals surface area contributed by atoms with Gasteiger partial charge in [-0.15, -0.1) is 0 Å². The van der Waals surface area contributed by atoms with Crippen LogP contribution in [-0.4, -0.2) is 7.11 Å². The van der Waals surface area contributed by atoms with E-state index in [1.165, 1.54) is 5.56 Å². The lowest BCUT2D eigenvalue weighted by Crippen LogP contribution is -1.95. The maximum atomic E-state index is 8.81. The highest BCUT2D eigenvalue weighted by molar-refractivity contribution is 5.51. The summed E-state index contributed by atoms with van der Waals surface area (Å²) in [6, 6.07) is 5.91. The Labute approximate surface area is 78.8 Å². The van der Waals surface area contributed by atoms with Crippen molar-refractivity contribution in [1.29, 1.82) is 5.26 Å². The Bertz CT molecular complexity index is 350. The second-order valence-electron chi connectivity index (χ2n) is 2.90. The van der Waals surface area contributed by atoms with Gasteiger partial charge in [-0.1, -0.05) is 13.0 Å². The standard InChI is InChI=1S/C11H13NO/c1-4-9-5-6-10(7-12)11(13-3)8(9)2/h5-6H,4H2,1-3H3. The van der Waals surface area contributed by atoms with E-state index in [2.05, 4.69) is 13.0 Å². The summed E-state index contributed by atoms with van der Waals surface area (Å²) in [4.78, 5) is 0. The molecule has 1 rings (SSSR count). The van der Waals surface area contributed by atoms with E-state index in [-0.39, 0.29) is 0 Å². The molecule has 13 heavy (non-hydrogen) atoms. The molecule has 0 fully saturated rings. The van der Waals surface area contributed by atoms with E-state index < -0.39 is 0 Å². The molecular weight excluding hydrogens is 162 g/mol. The third-order valence-corrected chi connectivity index (χ3v) is 2.22. The van der Waals surface area contributed by atoms with Crippen molar-refractivity contribution in [2.75, 3.05) is 7.11 Å². The maximum absolute atomic E-state index is 8.81. The van der Waals surface area contributed by atoms with Crippen LogP contribution in [0.4, 0.5) is 0 Å². The average molecular weight is 175 g/mol. The van der Waals surface area contributed by atoms with Gasteiger partial charge < -0.3 is 4.74 Å². The van der Waals surface area contributed by atoms with Crippen LogP contribution in [0.3, 0.4) is 0 Å². The number of benzene rings is 1. The van der Waals surface area contributed by atoms with Crippen molar-refractivity contribution in [2.24, 2.45) is 0 Å². The number of nitrogens with zero attached hydrogens (tertiary/aromatic N) is 1. The number of rotatable bonds is 2. The topological polar surface area (TPSA) is 33.0 Å². The lowest BCUT2D eigenvalue weighted by atomic mass is 10.0. The molecule has 0 N–H and O–H groups in total. The molecule has 0 heterocycles. The first-order valence-electron chi connectivity index (χ1n) is 4.31. The van der Waals surface area contributed by atoms with Crippen LogP contribution in [-0.2, 0) is 6.42 Å². The Balaban J connectivity index is 3.34. The number of hydrogen-bond acceptors (Lipinski definition) is 2. The monoisotopic (exact) mass is 175 g/mol. The summed E-state index contributed by atoms with van der Waals surface area (Å²) in [6.07, 6.45) is 0.966. The molecule has 0 amide bonds. The van der Waals surface area contributed by atoms with Gasteiger partial charge in [0.25, 0.3) is 0 Å². The molecule has 2 nitrogen and oxygen atoms in total. The van der Waals surface area contributed by atoms with Crippen molar-refractivity contribution in [3.05, 3.63) is 28.8 Å². The lowest BCUT2D eigenvalue weighted by Gasteiger charge is -2.10. The first kappa shape index (κ1) is 9.60. The zero-order valence-corrected chi connectivity index (χ0v) is 8.22. The minimum Gasteiger partial charge on any atom is -0.495 e. The summed E-state index contributed by atoms with van der Waals surface area (Å²) >= 11 is 0. The molecule has 0 aliphatic rings. The van der Waals surface area contributed by atoms with Crippen molar-refractivity contribution in [2.45, 2.75) is 20.3 Å². The smallest absolute Gasteiger partial charge is 0.139 e. The summed E-state index contributed by atoms with van der Waals surface area (Å²) in [5, 5.41) is 8.81. The van der Waals surface area contributed by atoms with E-state index in [0.717, 1.165) is 12.0 Å². The van der Waals surface area contributed by atoms with Crippen LogP contribution < -0.4 is 4.74 Å². The first-order chi connectivity index (χ1) is 6.24. The number of methoxy groups -OCH3 is 1. The summed E-state index contributed by atoms with van der Waals surface area (Å²) in [5.41, 5.74) is 2.91. The van der Waals surface area contributed by atoms with Gasteiger partial charge >= 0.3 is 0 Å². The van der Waals surface area contributed by atoms with Gasteiger partial charge in [-0.05, 0) is 30.5 Å². The second-order valence-corrected chi connectivity index (χ2v) is 2.90. The van der Waals surface area contributed by atoms with E-state index in [9.17, 15) is 0 Å². The largest absolute Gasteiger partial charge is 0.495 e. The van der Waals surface area contributed by atoms with E-state index in [4.69, 9.17) is 10.00 Å². The molecule has 0 saturated heterocycles. The van der Waals surface area contributed by atoms with Gasteiger partial charge in [0.1, 0.15) is 11.8 Å². The fourth-order valence-corrected chi connectivity index (χ4v) is 1.47. The molecule has 68 valence electrons. The van der Waals surface area contributed by atoms with Gasteiger partial charge in [0.15, 0.2) is 0 Å². The third-order valence-electron chi connectivity index (χ3n) is 2.22. The normalized spacial score (nSPS) is 9.38. The fraction of sp³-hybridized carbons (Fsp3) is 0.364. The number of hydrogen-bond donors (Lipinski definition) is 0. The molecule has 0 bridgehead atoms. The molecule has 0 aliphatic heterocycles. The predicted octanol–water partition coefficient (Wildman–Crippen LogP) is 2.44. The molecule has 1 aromatic rings. The minimum absolute atomic E-state index is 0.609. The van der Waals surface area contributed by atoms with Crippen LogP contribution >= 0.6 is 0 Å². The molecule has 0 radical (unpaired) electrons. The predicted molar refractivity (Wildman–Crippen MR) is 51.8 cm³/mol. The number of ether oxygens (including phenoxy) is 1. The summed E-state index contributed by atoms with van der Waals surface area (Å²) in [5.74, 6) is 0.710. The summed E-state index contributed by atoms with van der Waals surface area (Å²) < 4.78 is 5.19. The second kappa shape index (κ2) is 3.95. The average Bonchev–Trinajstić information content (AvgIpc) is 2.17. The first-order valence-corrected chi connectivity index (χ1v) is 4.31. The molecule has 0 spiro atoms. The van der Waals surface area contributed by atoms with Crippen LogP contribution in [0, 0.1) is 18.3 Å².